The molecule has 0 radical (unpaired) electrons. The zero-order valence-corrected chi connectivity index (χ0v) is 19.9. The molecule has 6 rings (SSSR count). The van der Waals surface area contributed by atoms with Gasteiger partial charge in [0.05, 0.1) is 5.02 Å². The molecule has 10 heteroatoms. The predicted octanol–water partition coefficient (Wildman–Crippen LogP) is 2.29. The van der Waals surface area contributed by atoms with Gasteiger partial charge < -0.3 is 9.64 Å². The summed E-state index contributed by atoms with van der Waals surface area (Å²) < 4.78 is 6.43. The van der Waals surface area contributed by atoms with Crippen LogP contribution in [0.15, 0.2) is 30.6 Å². The van der Waals surface area contributed by atoms with Crippen LogP contribution in [0, 0.1) is 0 Å². The van der Waals surface area contributed by atoms with Crippen LogP contribution in [0.4, 0.5) is 0 Å². The van der Waals surface area contributed by atoms with E-state index in [0.717, 1.165) is 49.5 Å². The van der Waals surface area contributed by atoms with Crippen molar-refractivity contribution in [3.05, 3.63) is 52.6 Å². The predicted molar refractivity (Wildman–Crippen MR) is 126 cm³/mol. The third-order valence-electron chi connectivity index (χ3n) is 7.58. The van der Waals surface area contributed by atoms with Crippen LogP contribution in [-0.4, -0.2) is 68.8 Å². The molecule has 0 bridgehead atoms. The Balaban J connectivity index is 1.10. The number of imide groups is 1. The van der Waals surface area contributed by atoms with Crippen LogP contribution in [0.2, 0.25) is 5.02 Å². The lowest BCUT2D eigenvalue weighted by atomic mass is 9.95. The van der Waals surface area contributed by atoms with Crippen molar-refractivity contribution >= 4 is 29.3 Å². The van der Waals surface area contributed by atoms with Crippen LogP contribution in [0.25, 0.3) is 0 Å². The number of likely N-dealkylation sites (tertiary alicyclic amines) is 1. The van der Waals surface area contributed by atoms with Crippen molar-refractivity contribution in [1.29, 1.82) is 0 Å². The molecule has 3 aliphatic heterocycles. The molecule has 0 spiro atoms. The second-order valence-electron chi connectivity index (χ2n) is 9.78. The highest BCUT2D eigenvalue weighted by molar-refractivity contribution is 6.30. The summed E-state index contributed by atoms with van der Waals surface area (Å²) in [6.07, 6.45) is 7.17. The summed E-state index contributed by atoms with van der Waals surface area (Å²) in [7, 11) is 0. The maximum atomic E-state index is 12.9. The lowest BCUT2D eigenvalue weighted by Crippen LogP contribution is -2.54. The van der Waals surface area contributed by atoms with Gasteiger partial charge in [0.15, 0.2) is 0 Å². The number of benzene rings is 1. The van der Waals surface area contributed by atoms with Crippen molar-refractivity contribution in [1.82, 2.24) is 25.1 Å². The van der Waals surface area contributed by atoms with Crippen molar-refractivity contribution < 1.29 is 19.1 Å². The lowest BCUT2D eigenvalue weighted by molar-refractivity contribution is -0.136. The van der Waals surface area contributed by atoms with Crippen LogP contribution in [0.1, 0.15) is 59.8 Å². The molecule has 1 aromatic carbocycles. The van der Waals surface area contributed by atoms with E-state index in [1.165, 1.54) is 0 Å². The number of nitrogens with zero attached hydrogens (tertiary/aromatic N) is 4. The van der Waals surface area contributed by atoms with Crippen molar-refractivity contribution in [2.75, 3.05) is 13.1 Å². The van der Waals surface area contributed by atoms with Crippen molar-refractivity contribution in [3.8, 4) is 5.75 Å². The first-order valence-electron chi connectivity index (χ1n) is 12.1. The number of amides is 3. The third kappa shape index (κ3) is 4.16. The molecule has 1 unspecified atom stereocenters. The Kier molecular flexibility index (Phi) is 5.69. The van der Waals surface area contributed by atoms with Gasteiger partial charge in [0.1, 0.15) is 23.7 Å². The minimum atomic E-state index is -0.611. The van der Waals surface area contributed by atoms with Gasteiger partial charge in [-0.1, -0.05) is 11.6 Å². The molecular formula is C25H26ClN5O4. The number of nitrogens with one attached hydrogen (secondary N) is 1. The van der Waals surface area contributed by atoms with Gasteiger partial charge >= 0.3 is 0 Å². The summed E-state index contributed by atoms with van der Waals surface area (Å²) in [5.41, 5.74) is 1.45. The van der Waals surface area contributed by atoms with E-state index in [1.54, 1.807) is 23.4 Å². The normalized spacial score (nSPS) is 27.1. The highest BCUT2D eigenvalue weighted by Crippen LogP contribution is 2.36. The molecule has 1 saturated carbocycles. The van der Waals surface area contributed by atoms with Gasteiger partial charge in [0.2, 0.25) is 11.8 Å². The first-order chi connectivity index (χ1) is 17.0. The molecule has 1 N–H and O–H groups in total. The molecule has 35 heavy (non-hydrogen) atoms. The maximum absolute atomic E-state index is 12.9. The van der Waals surface area contributed by atoms with Crippen LogP contribution in [0.5, 0.6) is 5.75 Å². The molecule has 3 atom stereocenters. The molecule has 182 valence electrons. The molecule has 3 amide bonds. The number of hydrogen-bond donors (Lipinski definition) is 1. The van der Waals surface area contributed by atoms with E-state index >= 15 is 0 Å². The van der Waals surface area contributed by atoms with Crippen LogP contribution < -0.4 is 10.1 Å². The number of halogens is 1. The monoisotopic (exact) mass is 495 g/mol. The number of hydrogen-bond acceptors (Lipinski definition) is 7. The van der Waals surface area contributed by atoms with Crippen molar-refractivity contribution in [3.63, 3.8) is 0 Å². The van der Waals surface area contributed by atoms with Gasteiger partial charge in [-0.05, 0) is 49.4 Å². The summed E-state index contributed by atoms with van der Waals surface area (Å²) in [5, 5.41) is 2.89. The fourth-order valence-electron chi connectivity index (χ4n) is 5.74. The molecule has 1 aromatic heterocycles. The Labute approximate surface area is 207 Å². The highest BCUT2D eigenvalue weighted by atomic mass is 35.5. The number of ether oxygens (including phenoxy) is 1. The Morgan fingerprint density at radius 3 is 2.63 bits per heavy atom. The van der Waals surface area contributed by atoms with E-state index < -0.39 is 11.9 Å². The summed E-state index contributed by atoms with van der Waals surface area (Å²) >= 11 is 5.91. The van der Waals surface area contributed by atoms with E-state index in [9.17, 15) is 14.4 Å². The van der Waals surface area contributed by atoms with E-state index in [-0.39, 0.29) is 24.3 Å². The van der Waals surface area contributed by atoms with E-state index in [0.29, 0.717) is 35.5 Å². The van der Waals surface area contributed by atoms with Gasteiger partial charge in [-0.3, -0.25) is 24.6 Å². The summed E-state index contributed by atoms with van der Waals surface area (Å²) in [4.78, 5) is 49.4. The third-order valence-corrected chi connectivity index (χ3v) is 7.78. The quantitative estimate of drug-likeness (QED) is 0.634. The summed E-state index contributed by atoms with van der Waals surface area (Å²) in [5.74, 6) is 1.05. The second-order valence-corrected chi connectivity index (χ2v) is 10.2. The second kappa shape index (κ2) is 8.87. The molecular weight excluding hydrogens is 470 g/mol. The van der Waals surface area contributed by atoms with Gasteiger partial charge in [-0.2, -0.15) is 0 Å². The van der Waals surface area contributed by atoms with Gasteiger partial charge in [0, 0.05) is 56.0 Å². The first kappa shape index (κ1) is 22.4. The van der Waals surface area contributed by atoms with Gasteiger partial charge in [-0.25, -0.2) is 9.97 Å². The number of aromatic nitrogens is 2. The largest absolute Gasteiger partial charge is 0.489 e. The number of piperidine rings is 1. The molecule has 3 fully saturated rings. The Bertz CT molecular complexity index is 1180. The van der Waals surface area contributed by atoms with Crippen molar-refractivity contribution in [2.24, 2.45) is 0 Å². The van der Waals surface area contributed by atoms with E-state index in [2.05, 4.69) is 20.2 Å². The fourth-order valence-corrected chi connectivity index (χ4v) is 5.84. The minimum absolute atomic E-state index is 0.0866. The molecule has 4 heterocycles. The Morgan fingerprint density at radius 1 is 1.06 bits per heavy atom. The lowest BCUT2D eigenvalue weighted by Gasteiger charge is -2.44. The van der Waals surface area contributed by atoms with Crippen LogP contribution in [-0.2, 0) is 16.1 Å². The van der Waals surface area contributed by atoms with Gasteiger partial charge in [0.25, 0.3) is 5.91 Å². The smallest absolute Gasteiger partial charge is 0.255 e. The fraction of sp³-hybridized carbons (Fsp3) is 0.480. The average Bonchev–Trinajstić information content (AvgIpc) is 3.38. The molecule has 2 aromatic rings. The van der Waals surface area contributed by atoms with Crippen LogP contribution in [0.3, 0.4) is 0 Å². The van der Waals surface area contributed by atoms with Gasteiger partial charge in [-0.15, -0.1) is 0 Å². The summed E-state index contributed by atoms with van der Waals surface area (Å²) in [6, 6.07) is 5.30. The zero-order valence-electron chi connectivity index (χ0n) is 19.2. The topological polar surface area (TPSA) is 105 Å². The van der Waals surface area contributed by atoms with E-state index in [1.807, 2.05) is 12.1 Å². The Morgan fingerprint density at radius 2 is 1.86 bits per heavy atom. The molecule has 9 nitrogen and oxygen atoms in total. The highest BCUT2D eigenvalue weighted by Gasteiger charge is 2.42. The maximum Gasteiger partial charge on any atom is 0.255 e. The standard InChI is InChI=1S/C25H26ClN5O4/c26-16-9-27-23(28-10-16)15-11-30(12-15)19-2-1-3-21(19)35-17-4-5-18-14(8-17)13-31(25(18)34)20-6-7-22(32)29-24(20)33/h4-5,8-10,15,19-21H,1-3,6-7,11-13H2,(H,29,32,33)/t19-,20?,21-/m0/s1. The molecule has 2 saturated heterocycles. The van der Waals surface area contributed by atoms with E-state index in [4.69, 9.17) is 16.3 Å². The number of rotatable bonds is 5. The number of carbonyl (C=O) groups is 3. The molecule has 4 aliphatic rings. The number of fused-ring (bicyclic) bond motifs is 1. The summed E-state index contributed by atoms with van der Waals surface area (Å²) in [6.45, 7) is 2.16. The zero-order chi connectivity index (χ0) is 24.1. The molecule has 1 aliphatic carbocycles. The first-order valence-corrected chi connectivity index (χ1v) is 12.5. The number of carbonyl (C=O) groups excluding carboxylic acids is 3. The Hall–Kier alpha value is -3.04. The minimum Gasteiger partial charge on any atom is -0.489 e. The SMILES string of the molecule is O=C1CCC(N2Cc3cc(O[C@H]4CCC[C@@H]4N4CC(c5ncc(Cl)cn5)C4)ccc3C2=O)C(=O)N1. The van der Waals surface area contributed by atoms with Crippen LogP contribution >= 0.6 is 11.6 Å². The van der Waals surface area contributed by atoms with Crippen molar-refractivity contribution in [2.45, 2.75) is 62.8 Å². The average molecular weight is 496 g/mol.